The van der Waals surface area contributed by atoms with Crippen molar-refractivity contribution in [3.63, 3.8) is 0 Å². The SMILES string of the molecule is Cc1cc(Cl)ccc1-c1cc(C(F)(F)F)ccc1C(=O)O. The molecule has 0 heterocycles. The van der Waals surface area contributed by atoms with E-state index in [1.54, 1.807) is 13.0 Å². The van der Waals surface area contributed by atoms with E-state index in [1.807, 2.05) is 0 Å². The highest BCUT2D eigenvalue weighted by Gasteiger charge is 2.31. The predicted octanol–water partition coefficient (Wildman–Crippen LogP) is 5.03. The molecule has 0 saturated carbocycles. The molecule has 0 saturated heterocycles. The number of carboxylic acids is 1. The van der Waals surface area contributed by atoms with Gasteiger partial charge >= 0.3 is 12.1 Å². The summed E-state index contributed by atoms with van der Waals surface area (Å²) >= 11 is 5.81. The van der Waals surface area contributed by atoms with E-state index in [0.717, 1.165) is 18.2 Å². The Morgan fingerprint density at radius 2 is 1.76 bits per heavy atom. The highest BCUT2D eigenvalue weighted by molar-refractivity contribution is 6.30. The Morgan fingerprint density at radius 3 is 2.29 bits per heavy atom. The van der Waals surface area contributed by atoms with E-state index in [9.17, 15) is 18.0 Å². The van der Waals surface area contributed by atoms with Crippen LogP contribution in [-0.4, -0.2) is 11.1 Å². The van der Waals surface area contributed by atoms with E-state index >= 15 is 0 Å². The maximum atomic E-state index is 12.8. The second-order valence-electron chi connectivity index (χ2n) is 4.52. The maximum absolute atomic E-state index is 12.8. The molecule has 2 aromatic carbocycles. The Balaban J connectivity index is 2.72. The molecule has 0 amide bonds. The number of halogens is 4. The summed E-state index contributed by atoms with van der Waals surface area (Å²) in [5, 5.41) is 9.59. The van der Waals surface area contributed by atoms with Gasteiger partial charge in [0.2, 0.25) is 0 Å². The number of benzene rings is 2. The number of carbonyl (C=O) groups is 1. The number of hydrogen-bond donors (Lipinski definition) is 1. The van der Waals surface area contributed by atoms with E-state index in [4.69, 9.17) is 16.7 Å². The van der Waals surface area contributed by atoms with Crippen molar-refractivity contribution in [3.8, 4) is 11.1 Å². The Morgan fingerprint density at radius 1 is 1.10 bits per heavy atom. The molecule has 110 valence electrons. The first-order valence-corrected chi connectivity index (χ1v) is 6.29. The van der Waals surface area contributed by atoms with E-state index in [1.165, 1.54) is 12.1 Å². The quantitative estimate of drug-likeness (QED) is 0.844. The van der Waals surface area contributed by atoms with Crippen molar-refractivity contribution in [1.82, 2.24) is 0 Å². The molecule has 0 spiro atoms. The summed E-state index contributed by atoms with van der Waals surface area (Å²) < 4.78 is 38.4. The maximum Gasteiger partial charge on any atom is 0.416 e. The highest BCUT2D eigenvalue weighted by Crippen LogP contribution is 2.35. The minimum Gasteiger partial charge on any atom is -0.478 e. The summed E-state index contributed by atoms with van der Waals surface area (Å²) in [6.45, 7) is 1.66. The van der Waals surface area contributed by atoms with Gasteiger partial charge in [0, 0.05) is 5.02 Å². The number of aryl methyl sites for hydroxylation is 1. The molecule has 0 radical (unpaired) electrons. The number of aromatic carboxylic acids is 1. The van der Waals surface area contributed by atoms with Crippen molar-refractivity contribution in [2.45, 2.75) is 13.1 Å². The van der Waals surface area contributed by atoms with Gasteiger partial charge in [0.25, 0.3) is 0 Å². The van der Waals surface area contributed by atoms with Crippen molar-refractivity contribution in [1.29, 1.82) is 0 Å². The zero-order valence-corrected chi connectivity index (χ0v) is 11.6. The van der Waals surface area contributed by atoms with E-state index in [-0.39, 0.29) is 11.1 Å². The van der Waals surface area contributed by atoms with Crippen LogP contribution in [0.5, 0.6) is 0 Å². The van der Waals surface area contributed by atoms with Gasteiger partial charge in [-0.25, -0.2) is 4.79 Å². The largest absolute Gasteiger partial charge is 0.478 e. The van der Waals surface area contributed by atoms with Crippen LogP contribution in [0.2, 0.25) is 5.02 Å². The van der Waals surface area contributed by atoms with Crippen molar-refractivity contribution >= 4 is 17.6 Å². The van der Waals surface area contributed by atoms with Gasteiger partial charge in [0.15, 0.2) is 0 Å². The third-order valence-electron chi connectivity index (χ3n) is 3.06. The lowest BCUT2D eigenvalue weighted by Crippen LogP contribution is -2.08. The fourth-order valence-electron chi connectivity index (χ4n) is 2.06. The van der Waals surface area contributed by atoms with Crippen LogP contribution in [0.4, 0.5) is 13.2 Å². The summed E-state index contributed by atoms with van der Waals surface area (Å²) in [5.41, 5.74) is -0.0519. The van der Waals surface area contributed by atoms with E-state index in [2.05, 4.69) is 0 Å². The minimum atomic E-state index is -4.54. The van der Waals surface area contributed by atoms with Gasteiger partial charge in [0.1, 0.15) is 0 Å². The second kappa shape index (κ2) is 5.41. The average Bonchev–Trinajstić information content (AvgIpc) is 2.37. The first-order chi connectivity index (χ1) is 9.70. The minimum absolute atomic E-state index is 0.0199. The molecule has 6 heteroatoms. The average molecular weight is 315 g/mol. The van der Waals surface area contributed by atoms with Crippen LogP contribution in [0.1, 0.15) is 21.5 Å². The normalized spacial score (nSPS) is 11.5. The highest BCUT2D eigenvalue weighted by atomic mass is 35.5. The third kappa shape index (κ3) is 3.19. The van der Waals surface area contributed by atoms with Crippen molar-refractivity contribution in [2.24, 2.45) is 0 Å². The molecule has 2 nitrogen and oxygen atoms in total. The second-order valence-corrected chi connectivity index (χ2v) is 4.96. The molecule has 0 unspecified atom stereocenters. The van der Waals surface area contributed by atoms with Crippen LogP contribution in [0.3, 0.4) is 0 Å². The zero-order chi connectivity index (χ0) is 15.8. The lowest BCUT2D eigenvalue weighted by molar-refractivity contribution is -0.137. The lowest BCUT2D eigenvalue weighted by atomic mass is 9.94. The number of rotatable bonds is 2. The molecule has 0 aliphatic rings. The molecule has 0 atom stereocenters. The van der Waals surface area contributed by atoms with Gasteiger partial charge < -0.3 is 5.11 Å². The van der Waals surface area contributed by atoms with Gasteiger partial charge in [-0.1, -0.05) is 17.7 Å². The lowest BCUT2D eigenvalue weighted by Gasteiger charge is -2.13. The van der Waals surface area contributed by atoms with Crippen molar-refractivity contribution in [2.75, 3.05) is 0 Å². The Labute approximate surface area is 123 Å². The molecule has 0 bridgehead atoms. The van der Waals surface area contributed by atoms with Crippen LogP contribution in [0, 0.1) is 6.92 Å². The first-order valence-electron chi connectivity index (χ1n) is 5.91. The van der Waals surface area contributed by atoms with Crippen LogP contribution in [0.25, 0.3) is 11.1 Å². The molecule has 1 N–H and O–H groups in total. The van der Waals surface area contributed by atoms with Crippen molar-refractivity contribution < 1.29 is 23.1 Å². The van der Waals surface area contributed by atoms with Crippen LogP contribution in [-0.2, 0) is 6.18 Å². The smallest absolute Gasteiger partial charge is 0.416 e. The third-order valence-corrected chi connectivity index (χ3v) is 3.29. The van der Waals surface area contributed by atoms with Crippen LogP contribution >= 0.6 is 11.6 Å². The molecular weight excluding hydrogens is 305 g/mol. The van der Waals surface area contributed by atoms with Crippen LogP contribution in [0.15, 0.2) is 36.4 Å². The van der Waals surface area contributed by atoms with Gasteiger partial charge in [0.05, 0.1) is 11.1 Å². The molecule has 0 aliphatic carbocycles. The fraction of sp³-hybridized carbons (Fsp3) is 0.133. The molecule has 2 aromatic rings. The summed E-state index contributed by atoms with van der Waals surface area (Å²) in [7, 11) is 0. The topological polar surface area (TPSA) is 37.3 Å². The molecular formula is C15H10ClF3O2. The molecule has 0 fully saturated rings. The van der Waals surface area contributed by atoms with Gasteiger partial charge in [-0.2, -0.15) is 13.2 Å². The number of alkyl halides is 3. The van der Waals surface area contributed by atoms with Gasteiger partial charge in [-0.3, -0.25) is 0 Å². The Hall–Kier alpha value is -2.01. The first kappa shape index (κ1) is 15.4. The zero-order valence-electron chi connectivity index (χ0n) is 10.8. The fourth-order valence-corrected chi connectivity index (χ4v) is 2.29. The molecule has 2 rings (SSSR count). The standard InChI is InChI=1S/C15H10ClF3O2/c1-8-6-10(16)3-5-11(8)13-7-9(15(17,18)19)2-4-12(13)14(20)21/h2-7H,1H3,(H,20,21). The molecule has 21 heavy (non-hydrogen) atoms. The molecule has 0 aromatic heterocycles. The summed E-state index contributed by atoms with van der Waals surface area (Å²) in [5.74, 6) is -1.28. The van der Waals surface area contributed by atoms with E-state index in [0.29, 0.717) is 16.1 Å². The summed E-state index contributed by atoms with van der Waals surface area (Å²) in [6.07, 6.45) is -4.54. The Kier molecular flexibility index (Phi) is 3.96. The predicted molar refractivity (Wildman–Crippen MR) is 73.6 cm³/mol. The van der Waals surface area contributed by atoms with E-state index < -0.39 is 17.7 Å². The van der Waals surface area contributed by atoms with Crippen LogP contribution < -0.4 is 0 Å². The Bertz CT molecular complexity index is 709. The van der Waals surface area contributed by atoms with Gasteiger partial charge in [-0.15, -0.1) is 0 Å². The number of carboxylic acid groups (broad SMARTS) is 1. The summed E-state index contributed by atoms with van der Waals surface area (Å²) in [6, 6.07) is 7.17. The molecule has 0 aliphatic heterocycles. The van der Waals surface area contributed by atoms with Crippen molar-refractivity contribution in [3.05, 3.63) is 58.1 Å². The summed E-state index contributed by atoms with van der Waals surface area (Å²) in [4.78, 5) is 11.2. The number of hydrogen-bond acceptors (Lipinski definition) is 1. The van der Waals surface area contributed by atoms with Gasteiger partial charge in [-0.05, 0) is 53.9 Å². The monoisotopic (exact) mass is 314 g/mol.